The number of ether oxygens (including phenoxy) is 1. The summed E-state index contributed by atoms with van der Waals surface area (Å²) in [5.41, 5.74) is 3.53. The molecule has 2 rings (SSSR count). The van der Waals surface area contributed by atoms with Gasteiger partial charge in [-0.25, -0.2) is 4.68 Å². The maximum absolute atomic E-state index is 12.6. The predicted octanol–water partition coefficient (Wildman–Crippen LogP) is 2.76. The minimum Gasteiger partial charge on any atom is -0.493 e. The van der Waals surface area contributed by atoms with E-state index in [1.807, 2.05) is 13.0 Å². The van der Waals surface area contributed by atoms with E-state index in [1.165, 1.54) is 0 Å². The number of nitrogens with one attached hydrogen (secondary N) is 2. The zero-order valence-corrected chi connectivity index (χ0v) is 17.3. The summed E-state index contributed by atoms with van der Waals surface area (Å²) in [4.78, 5) is 25.0. The van der Waals surface area contributed by atoms with Crippen molar-refractivity contribution in [2.45, 2.75) is 20.8 Å². The topological polar surface area (TPSA) is 96.2 Å². The molecule has 2 aromatic rings. The van der Waals surface area contributed by atoms with Crippen molar-refractivity contribution in [3.8, 4) is 11.8 Å². The standard InChI is InChI=1S/C18H17BrN4O3S/c1-4-26-15-6-5-12(19)8-13(15)16(24)21-18(27)22-23-11(3)7-10(2)14(9-20)17(23)25/h5-8H,4H2,1-3H3,(H2,21,22,24,27). The molecule has 7 nitrogen and oxygen atoms in total. The van der Waals surface area contributed by atoms with Crippen molar-refractivity contribution in [1.29, 1.82) is 5.26 Å². The highest BCUT2D eigenvalue weighted by atomic mass is 79.9. The molecular formula is C18H17BrN4O3S. The SMILES string of the molecule is CCOc1ccc(Br)cc1C(=O)NC(=S)Nn1c(C)cc(C)c(C#N)c1=O. The minimum atomic E-state index is -0.538. The lowest BCUT2D eigenvalue weighted by molar-refractivity contribution is 0.0973. The minimum absolute atomic E-state index is 0.00727. The maximum Gasteiger partial charge on any atom is 0.287 e. The van der Waals surface area contributed by atoms with Gasteiger partial charge in [0, 0.05) is 10.2 Å². The van der Waals surface area contributed by atoms with Crippen LogP contribution in [0.1, 0.15) is 34.1 Å². The average Bonchev–Trinajstić information content (AvgIpc) is 2.60. The first-order valence-electron chi connectivity index (χ1n) is 7.96. The van der Waals surface area contributed by atoms with Crippen LogP contribution in [0.5, 0.6) is 5.75 Å². The number of nitrogens with zero attached hydrogens (tertiary/aromatic N) is 2. The largest absolute Gasteiger partial charge is 0.493 e. The number of hydrogen-bond acceptors (Lipinski definition) is 5. The summed E-state index contributed by atoms with van der Waals surface area (Å²) >= 11 is 8.46. The van der Waals surface area contributed by atoms with Crippen molar-refractivity contribution in [1.82, 2.24) is 9.99 Å². The van der Waals surface area contributed by atoms with Crippen molar-refractivity contribution in [3.05, 3.63) is 61.5 Å². The Labute approximate surface area is 170 Å². The molecule has 9 heteroatoms. The lowest BCUT2D eigenvalue weighted by Gasteiger charge is -2.16. The zero-order valence-electron chi connectivity index (χ0n) is 14.9. The van der Waals surface area contributed by atoms with Crippen molar-refractivity contribution in [2.75, 3.05) is 12.0 Å². The molecule has 0 atom stereocenters. The molecule has 2 N–H and O–H groups in total. The van der Waals surface area contributed by atoms with Crippen LogP contribution in [-0.2, 0) is 0 Å². The highest BCUT2D eigenvalue weighted by Crippen LogP contribution is 2.23. The highest BCUT2D eigenvalue weighted by Gasteiger charge is 2.16. The van der Waals surface area contributed by atoms with Crippen molar-refractivity contribution in [3.63, 3.8) is 0 Å². The van der Waals surface area contributed by atoms with Crippen LogP contribution in [-0.4, -0.2) is 22.3 Å². The smallest absolute Gasteiger partial charge is 0.287 e. The Morgan fingerprint density at radius 3 is 2.70 bits per heavy atom. The van der Waals surface area contributed by atoms with Crippen molar-refractivity contribution >= 4 is 39.2 Å². The summed E-state index contributed by atoms with van der Waals surface area (Å²) in [7, 11) is 0. The molecule has 1 heterocycles. The number of carbonyl (C=O) groups excluding carboxylic acids is 1. The van der Waals surface area contributed by atoms with E-state index in [4.69, 9.17) is 22.2 Å². The van der Waals surface area contributed by atoms with E-state index < -0.39 is 11.5 Å². The Morgan fingerprint density at radius 1 is 1.37 bits per heavy atom. The molecule has 0 aliphatic heterocycles. The van der Waals surface area contributed by atoms with Crippen LogP contribution < -0.4 is 21.0 Å². The van der Waals surface area contributed by atoms with Gasteiger partial charge in [0.1, 0.15) is 17.4 Å². The third kappa shape index (κ3) is 4.72. The molecule has 1 amide bonds. The van der Waals surface area contributed by atoms with Gasteiger partial charge in [0.2, 0.25) is 0 Å². The molecule has 0 bridgehead atoms. The predicted molar refractivity (Wildman–Crippen MR) is 110 cm³/mol. The first-order chi connectivity index (χ1) is 12.8. The lowest BCUT2D eigenvalue weighted by atomic mass is 10.1. The van der Waals surface area contributed by atoms with Crippen LogP contribution >= 0.6 is 28.1 Å². The number of hydrogen-bond donors (Lipinski definition) is 2. The van der Waals surface area contributed by atoms with Crippen molar-refractivity contribution in [2.24, 2.45) is 0 Å². The number of amides is 1. The summed E-state index contributed by atoms with van der Waals surface area (Å²) in [6.45, 7) is 5.59. The third-order valence-electron chi connectivity index (χ3n) is 3.63. The van der Waals surface area contributed by atoms with Gasteiger partial charge in [-0.3, -0.25) is 20.3 Å². The van der Waals surface area contributed by atoms with Crippen LogP contribution in [0.3, 0.4) is 0 Å². The van der Waals surface area contributed by atoms with Gasteiger partial charge >= 0.3 is 0 Å². The van der Waals surface area contributed by atoms with E-state index in [-0.39, 0.29) is 10.7 Å². The summed E-state index contributed by atoms with van der Waals surface area (Å²) in [5, 5.41) is 11.6. The van der Waals surface area contributed by atoms with Gasteiger partial charge in [-0.2, -0.15) is 5.26 Å². The van der Waals surface area contributed by atoms with Gasteiger partial charge in [0.25, 0.3) is 11.5 Å². The highest BCUT2D eigenvalue weighted by molar-refractivity contribution is 9.10. The fourth-order valence-electron chi connectivity index (χ4n) is 2.43. The second-order valence-corrected chi connectivity index (χ2v) is 6.89. The number of halogens is 1. The van der Waals surface area contributed by atoms with Gasteiger partial charge < -0.3 is 4.74 Å². The van der Waals surface area contributed by atoms with Crippen LogP contribution in [0, 0.1) is 25.2 Å². The van der Waals surface area contributed by atoms with Crippen LogP contribution in [0.4, 0.5) is 0 Å². The van der Waals surface area contributed by atoms with Gasteiger partial charge in [-0.15, -0.1) is 0 Å². The Morgan fingerprint density at radius 2 is 2.07 bits per heavy atom. The average molecular weight is 449 g/mol. The van der Waals surface area contributed by atoms with Gasteiger partial charge in [0.05, 0.1) is 12.2 Å². The van der Waals surface area contributed by atoms with Gasteiger partial charge in [-0.05, 0) is 62.8 Å². The molecule has 0 fully saturated rings. The molecule has 27 heavy (non-hydrogen) atoms. The molecule has 0 aliphatic carbocycles. The Balaban J connectivity index is 2.25. The number of pyridine rings is 1. The first kappa shape index (κ1) is 20.6. The summed E-state index contributed by atoms with van der Waals surface area (Å²) in [6.07, 6.45) is 0. The number of aromatic nitrogens is 1. The number of aryl methyl sites for hydroxylation is 2. The quantitative estimate of drug-likeness (QED) is 0.697. The summed E-state index contributed by atoms with van der Waals surface area (Å²) < 4.78 is 7.29. The monoisotopic (exact) mass is 448 g/mol. The molecular weight excluding hydrogens is 432 g/mol. The van der Waals surface area contributed by atoms with Gasteiger partial charge in [-0.1, -0.05) is 15.9 Å². The van der Waals surface area contributed by atoms with Crippen LogP contribution in [0.2, 0.25) is 0 Å². The van der Waals surface area contributed by atoms with E-state index in [9.17, 15) is 9.59 Å². The van der Waals surface area contributed by atoms with Crippen molar-refractivity contribution < 1.29 is 9.53 Å². The lowest BCUT2D eigenvalue weighted by Crippen LogP contribution is -2.43. The summed E-state index contributed by atoms with van der Waals surface area (Å²) in [6, 6.07) is 8.60. The van der Waals surface area contributed by atoms with Gasteiger partial charge in [0.15, 0.2) is 5.11 Å². The first-order valence-corrected chi connectivity index (χ1v) is 9.16. The Bertz CT molecular complexity index is 1010. The summed E-state index contributed by atoms with van der Waals surface area (Å²) in [5.74, 6) is -0.0768. The van der Waals surface area contributed by atoms with E-state index in [2.05, 4.69) is 26.7 Å². The Kier molecular flexibility index (Phi) is 6.71. The number of benzene rings is 1. The van der Waals surface area contributed by atoms with Crippen LogP contribution in [0.15, 0.2) is 33.5 Å². The zero-order chi connectivity index (χ0) is 20.1. The molecule has 140 valence electrons. The molecule has 1 aromatic carbocycles. The number of thiocarbonyl (C=S) groups is 1. The van der Waals surface area contributed by atoms with Crippen LogP contribution in [0.25, 0.3) is 0 Å². The number of rotatable bonds is 4. The van der Waals surface area contributed by atoms with E-state index in [1.54, 1.807) is 38.1 Å². The second kappa shape index (κ2) is 8.79. The van der Waals surface area contributed by atoms with E-state index >= 15 is 0 Å². The van der Waals surface area contributed by atoms with E-state index in [0.29, 0.717) is 33.6 Å². The van der Waals surface area contributed by atoms with E-state index in [0.717, 1.165) is 4.68 Å². The molecule has 0 radical (unpaired) electrons. The molecule has 0 saturated carbocycles. The fraction of sp³-hybridized carbons (Fsp3) is 0.222. The maximum atomic E-state index is 12.6. The molecule has 0 unspecified atom stereocenters. The molecule has 0 spiro atoms. The Hall–Kier alpha value is -2.70. The second-order valence-electron chi connectivity index (χ2n) is 5.56. The normalized spacial score (nSPS) is 10.0. The molecule has 0 aliphatic rings. The third-order valence-corrected chi connectivity index (χ3v) is 4.31. The molecule has 0 saturated heterocycles. The number of nitriles is 1. The fourth-order valence-corrected chi connectivity index (χ4v) is 2.97. The molecule has 1 aromatic heterocycles. The number of carbonyl (C=O) groups is 1.